The fourth-order valence-electron chi connectivity index (χ4n) is 1.00. The number of carbonyl (C=O) groups excluding carboxylic acids is 1. The van der Waals surface area contributed by atoms with Crippen LogP contribution < -0.4 is 0 Å². The molecular weight excluding hydrogens is 180 g/mol. The zero-order chi connectivity index (χ0) is 11.0. The van der Waals surface area contributed by atoms with Crippen molar-refractivity contribution >= 4 is 5.97 Å². The number of ether oxygens (including phenoxy) is 2. The molecule has 0 rings (SSSR count). The molecule has 80 valence electrons. The standard InChI is InChI=1S/C11H18O3/c1-5-8-11(4,14-9-6-2)10(12)13-7-3/h5-6H,1-2,7-9H2,3-4H3/t11-/m0/s1. The van der Waals surface area contributed by atoms with Crippen LogP contribution in [-0.2, 0) is 14.3 Å². The van der Waals surface area contributed by atoms with Gasteiger partial charge in [0.15, 0.2) is 5.60 Å². The highest BCUT2D eigenvalue weighted by Crippen LogP contribution is 2.18. The predicted octanol–water partition coefficient (Wildman–Crippen LogP) is 2.09. The van der Waals surface area contributed by atoms with Crippen LogP contribution in [0.1, 0.15) is 20.3 Å². The lowest BCUT2D eigenvalue weighted by Crippen LogP contribution is -2.39. The average Bonchev–Trinajstić information content (AvgIpc) is 2.15. The van der Waals surface area contributed by atoms with E-state index in [0.29, 0.717) is 19.6 Å². The molecule has 3 heteroatoms. The van der Waals surface area contributed by atoms with Crippen LogP contribution in [0.5, 0.6) is 0 Å². The summed E-state index contributed by atoms with van der Waals surface area (Å²) in [6.07, 6.45) is 3.67. The first-order chi connectivity index (χ1) is 6.60. The Morgan fingerprint density at radius 3 is 2.50 bits per heavy atom. The maximum absolute atomic E-state index is 11.5. The van der Waals surface area contributed by atoms with Gasteiger partial charge in [0.1, 0.15) is 0 Å². The van der Waals surface area contributed by atoms with Crippen LogP contribution in [0.3, 0.4) is 0 Å². The second kappa shape index (κ2) is 6.38. The Morgan fingerprint density at radius 2 is 2.07 bits per heavy atom. The Labute approximate surface area is 85.4 Å². The van der Waals surface area contributed by atoms with Gasteiger partial charge in [0.05, 0.1) is 13.2 Å². The van der Waals surface area contributed by atoms with Crippen molar-refractivity contribution in [3.05, 3.63) is 25.3 Å². The quantitative estimate of drug-likeness (QED) is 0.464. The van der Waals surface area contributed by atoms with Crippen molar-refractivity contribution in [2.45, 2.75) is 25.9 Å². The molecule has 0 aromatic carbocycles. The molecule has 0 saturated heterocycles. The van der Waals surface area contributed by atoms with Gasteiger partial charge in [-0.05, 0) is 13.8 Å². The normalized spacial score (nSPS) is 14.1. The van der Waals surface area contributed by atoms with E-state index in [1.807, 2.05) is 0 Å². The topological polar surface area (TPSA) is 35.5 Å². The van der Waals surface area contributed by atoms with Crippen molar-refractivity contribution in [3.8, 4) is 0 Å². The largest absolute Gasteiger partial charge is 0.464 e. The Bertz CT molecular complexity index is 211. The average molecular weight is 198 g/mol. The van der Waals surface area contributed by atoms with Crippen LogP contribution in [0.2, 0.25) is 0 Å². The van der Waals surface area contributed by atoms with Crippen molar-refractivity contribution in [1.29, 1.82) is 0 Å². The van der Waals surface area contributed by atoms with Gasteiger partial charge in [-0.3, -0.25) is 0 Å². The van der Waals surface area contributed by atoms with Gasteiger partial charge >= 0.3 is 5.97 Å². The molecule has 0 N–H and O–H groups in total. The number of hydrogen-bond donors (Lipinski definition) is 0. The van der Waals surface area contributed by atoms with Crippen molar-refractivity contribution in [2.24, 2.45) is 0 Å². The van der Waals surface area contributed by atoms with Gasteiger partial charge in [-0.2, -0.15) is 0 Å². The summed E-state index contributed by atoms with van der Waals surface area (Å²) < 4.78 is 10.3. The van der Waals surface area contributed by atoms with Gasteiger partial charge in [0.2, 0.25) is 0 Å². The number of rotatable bonds is 7. The molecule has 0 bridgehead atoms. The van der Waals surface area contributed by atoms with Gasteiger partial charge in [-0.15, -0.1) is 13.2 Å². The van der Waals surface area contributed by atoms with Crippen LogP contribution in [0.4, 0.5) is 0 Å². The molecule has 0 saturated carbocycles. The van der Waals surface area contributed by atoms with Gasteiger partial charge in [0.25, 0.3) is 0 Å². The molecular formula is C11H18O3. The molecule has 0 amide bonds. The first-order valence-corrected chi connectivity index (χ1v) is 4.63. The van der Waals surface area contributed by atoms with Crippen LogP contribution in [0, 0.1) is 0 Å². The summed E-state index contributed by atoms with van der Waals surface area (Å²) >= 11 is 0. The third-order valence-electron chi connectivity index (χ3n) is 1.76. The van der Waals surface area contributed by atoms with Crippen molar-refractivity contribution in [1.82, 2.24) is 0 Å². The fraction of sp³-hybridized carbons (Fsp3) is 0.545. The van der Waals surface area contributed by atoms with E-state index >= 15 is 0 Å². The highest BCUT2D eigenvalue weighted by molar-refractivity contribution is 5.79. The van der Waals surface area contributed by atoms with Gasteiger partial charge in [0, 0.05) is 6.42 Å². The maximum atomic E-state index is 11.5. The predicted molar refractivity (Wildman–Crippen MR) is 56.0 cm³/mol. The molecule has 0 aromatic rings. The summed E-state index contributed by atoms with van der Waals surface area (Å²) in [5.41, 5.74) is -0.939. The summed E-state index contributed by atoms with van der Waals surface area (Å²) in [7, 11) is 0. The molecule has 3 nitrogen and oxygen atoms in total. The molecule has 0 aliphatic carbocycles. The molecule has 14 heavy (non-hydrogen) atoms. The van der Waals surface area contributed by atoms with E-state index in [9.17, 15) is 4.79 Å². The number of carbonyl (C=O) groups is 1. The van der Waals surface area contributed by atoms with E-state index < -0.39 is 5.60 Å². The molecule has 0 aliphatic heterocycles. The maximum Gasteiger partial charge on any atom is 0.338 e. The summed E-state index contributed by atoms with van der Waals surface area (Å²) in [5, 5.41) is 0. The van der Waals surface area contributed by atoms with Crippen LogP contribution >= 0.6 is 0 Å². The fourth-order valence-corrected chi connectivity index (χ4v) is 1.00. The Kier molecular flexibility index (Phi) is 5.88. The third kappa shape index (κ3) is 3.75. The lowest BCUT2D eigenvalue weighted by molar-refractivity contribution is -0.168. The number of hydrogen-bond acceptors (Lipinski definition) is 3. The van der Waals surface area contributed by atoms with E-state index in [1.165, 1.54) is 0 Å². The summed E-state index contributed by atoms with van der Waals surface area (Å²) in [4.78, 5) is 11.5. The van der Waals surface area contributed by atoms with E-state index in [0.717, 1.165) is 0 Å². The summed E-state index contributed by atoms with van der Waals surface area (Å²) in [6, 6.07) is 0. The van der Waals surface area contributed by atoms with Gasteiger partial charge in [-0.25, -0.2) is 4.79 Å². The van der Waals surface area contributed by atoms with E-state index in [2.05, 4.69) is 13.2 Å². The lowest BCUT2D eigenvalue weighted by Gasteiger charge is -2.25. The van der Waals surface area contributed by atoms with Crippen LogP contribution in [-0.4, -0.2) is 24.8 Å². The minimum absolute atomic E-state index is 0.323. The second-order valence-corrected chi connectivity index (χ2v) is 3.04. The minimum atomic E-state index is -0.939. The highest BCUT2D eigenvalue weighted by atomic mass is 16.6. The molecule has 0 spiro atoms. The molecule has 0 unspecified atom stereocenters. The SMILES string of the molecule is C=CCO[C@@](C)(CC=C)C(=O)OCC. The first-order valence-electron chi connectivity index (χ1n) is 4.63. The monoisotopic (exact) mass is 198 g/mol. The summed E-state index contributed by atoms with van der Waals surface area (Å²) in [5.74, 6) is -0.359. The molecule has 0 heterocycles. The smallest absolute Gasteiger partial charge is 0.338 e. The van der Waals surface area contributed by atoms with Crippen LogP contribution in [0.25, 0.3) is 0 Å². The Morgan fingerprint density at radius 1 is 1.43 bits per heavy atom. The molecule has 1 atom stereocenters. The zero-order valence-electron chi connectivity index (χ0n) is 8.91. The zero-order valence-corrected chi connectivity index (χ0v) is 8.91. The lowest BCUT2D eigenvalue weighted by atomic mass is 10.0. The van der Waals surface area contributed by atoms with Crippen LogP contribution in [0.15, 0.2) is 25.3 Å². The first kappa shape index (κ1) is 12.9. The van der Waals surface area contributed by atoms with Crippen molar-refractivity contribution < 1.29 is 14.3 Å². The Hall–Kier alpha value is -1.09. The Balaban J connectivity index is 4.42. The van der Waals surface area contributed by atoms with Crippen molar-refractivity contribution in [2.75, 3.05) is 13.2 Å². The highest BCUT2D eigenvalue weighted by Gasteiger charge is 2.34. The molecule has 0 radical (unpaired) electrons. The van der Waals surface area contributed by atoms with E-state index in [4.69, 9.17) is 9.47 Å². The van der Waals surface area contributed by atoms with Gasteiger partial charge in [-0.1, -0.05) is 12.2 Å². The molecule has 0 fully saturated rings. The summed E-state index contributed by atoms with van der Waals surface area (Å²) in [6.45, 7) is 11.2. The van der Waals surface area contributed by atoms with E-state index in [-0.39, 0.29) is 5.97 Å². The number of esters is 1. The van der Waals surface area contributed by atoms with E-state index in [1.54, 1.807) is 26.0 Å². The van der Waals surface area contributed by atoms with Crippen molar-refractivity contribution in [3.63, 3.8) is 0 Å². The second-order valence-electron chi connectivity index (χ2n) is 3.04. The van der Waals surface area contributed by atoms with Gasteiger partial charge < -0.3 is 9.47 Å². The third-order valence-corrected chi connectivity index (χ3v) is 1.76. The molecule has 0 aliphatic rings. The molecule has 0 aromatic heterocycles. The minimum Gasteiger partial charge on any atom is -0.464 e.